The summed E-state index contributed by atoms with van der Waals surface area (Å²) in [6.45, 7) is 18.4. The van der Waals surface area contributed by atoms with Gasteiger partial charge in [-0.2, -0.15) is 0 Å². The lowest BCUT2D eigenvalue weighted by Gasteiger charge is -2.27. The van der Waals surface area contributed by atoms with E-state index < -0.39 is 0 Å². The molecule has 3 aliphatic heterocycles. The number of anilines is 1. The van der Waals surface area contributed by atoms with Crippen LogP contribution in [0.2, 0.25) is 0 Å². The third kappa shape index (κ3) is 6.59. The van der Waals surface area contributed by atoms with Gasteiger partial charge >= 0.3 is 0 Å². The maximum Gasteiger partial charge on any atom is 0.246 e. The first kappa shape index (κ1) is 27.8. The Morgan fingerprint density at radius 1 is 1.16 bits per heavy atom. The second-order valence-electron chi connectivity index (χ2n) is 10.9. The second-order valence-corrected chi connectivity index (χ2v) is 10.9. The molecule has 0 saturated carbocycles. The molecule has 4 heterocycles. The van der Waals surface area contributed by atoms with Gasteiger partial charge < -0.3 is 9.47 Å². The molecular weight excluding hydrogens is 476 g/mol. The van der Waals surface area contributed by atoms with E-state index >= 15 is 0 Å². The van der Waals surface area contributed by atoms with Crippen LogP contribution in [-0.2, 0) is 9.59 Å². The minimum Gasteiger partial charge on any atom is -0.337 e. The first-order valence-electron chi connectivity index (χ1n) is 13.9. The Hall–Kier alpha value is -3.26. The van der Waals surface area contributed by atoms with Crippen molar-refractivity contribution in [2.75, 3.05) is 38.0 Å². The summed E-state index contributed by atoms with van der Waals surface area (Å²) < 4.78 is 2.12. The summed E-state index contributed by atoms with van der Waals surface area (Å²) in [5, 5.41) is 3.14. The lowest BCUT2D eigenvalue weighted by Crippen LogP contribution is -2.35. The number of carbonyl (C=O) groups excluding carboxylic acids is 2. The van der Waals surface area contributed by atoms with Crippen LogP contribution < -0.4 is 5.32 Å². The van der Waals surface area contributed by atoms with E-state index in [0.717, 1.165) is 61.6 Å². The number of allylic oxidation sites excluding steroid dienone is 2. The van der Waals surface area contributed by atoms with Crippen LogP contribution in [-0.4, -0.2) is 70.1 Å². The van der Waals surface area contributed by atoms with Gasteiger partial charge in [0, 0.05) is 31.5 Å². The second kappa shape index (κ2) is 12.5. The van der Waals surface area contributed by atoms with E-state index in [1.165, 1.54) is 24.5 Å². The van der Waals surface area contributed by atoms with E-state index in [0.29, 0.717) is 25.5 Å². The Morgan fingerprint density at radius 3 is 2.58 bits per heavy atom. The molecule has 0 aliphatic carbocycles. The van der Waals surface area contributed by atoms with Crippen molar-refractivity contribution in [3.63, 3.8) is 0 Å². The maximum atomic E-state index is 13.4. The SMILES string of the molecule is C=CC(=O)N1CCCC[C@@H](n2c(NC(=O)C3C=C(C)N=CC3)nc(/C=C(\C)CN3CCCC3)c2C(=C)C)C1. The molecule has 204 valence electrons. The smallest absolute Gasteiger partial charge is 0.246 e. The fourth-order valence-corrected chi connectivity index (χ4v) is 5.75. The molecule has 8 nitrogen and oxygen atoms in total. The molecule has 2 saturated heterocycles. The third-order valence-corrected chi connectivity index (χ3v) is 7.56. The average Bonchev–Trinajstić information content (AvgIpc) is 3.43. The molecule has 1 aromatic heterocycles. The largest absolute Gasteiger partial charge is 0.337 e. The Kier molecular flexibility index (Phi) is 9.15. The lowest BCUT2D eigenvalue weighted by molar-refractivity contribution is -0.126. The highest BCUT2D eigenvalue weighted by Crippen LogP contribution is 2.33. The van der Waals surface area contributed by atoms with Gasteiger partial charge in [0.2, 0.25) is 17.8 Å². The van der Waals surface area contributed by atoms with Crippen molar-refractivity contribution in [3.8, 4) is 0 Å². The van der Waals surface area contributed by atoms with E-state index in [1.807, 2.05) is 24.8 Å². The molecule has 2 amide bonds. The number of likely N-dealkylation sites (tertiary alicyclic amines) is 2. The van der Waals surface area contributed by atoms with Gasteiger partial charge in [-0.15, -0.1) is 0 Å². The van der Waals surface area contributed by atoms with Crippen LogP contribution in [0, 0.1) is 5.92 Å². The van der Waals surface area contributed by atoms with Gasteiger partial charge in [-0.25, -0.2) is 4.98 Å². The highest BCUT2D eigenvalue weighted by Gasteiger charge is 2.30. The summed E-state index contributed by atoms with van der Waals surface area (Å²) in [6.07, 6.45) is 13.1. The summed E-state index contributed by atoms with van der Waals surface area (Å²) in [4.78, 5) is 39.6. The number of hydrogen-bond acceptors (Lipinski definition) is 5. The lowest BCUT2D eigenvalue weighted by atomic mass is 10.0. The van der Waals surface area contributed by atoms with Crippen LogP contribution in [0.15, 0.2) is 41.6 Å². The predicted octanol–water partition coefficient (Wildman–Crippen LogP) is 5.09. The molecule has 0 aromatic carbocycles. The van der Waals surface area contributed by atoms with Crippen LogP contribution in [0.25, 0.3) is 11.6 Å². The van der Waals surface area contributed by atoms with Gasteiger partial charge in [0.15, 0.2) is 0 Å². The number of rotatable bonds is 8. The van der Waals surface area contributed by atoms with Crippen molar-refractivity contribution < 1.29 is 9.59 Å². The fraction of sp³-hybridized carbons (Fsp3) is 0.533. The summed E-state index contributed by atoms with van der Waals surface area (Å²) in [5.74, 6) is 0.0459. The summed E-state index contributed by atoms with van der Waals surface area (Å²) in [6, 6.07) is -0.0397. The predicted molar refractivity (Wildman–Crippen MR) is 155 cm³/mol. The van der Waals surface area contributed by atoms with E-state index in [4.69, 9.17) is 4.98 Å². The molecule has 0 bridgehead atoms. The minimum absolute atomic E-state index is 0.0397. The molecule has 2 fully saturated rings. The molecule has 2 atom stereocenters. The monoisotopic (exact) mass is 518 g/mol. The minimum atomic E-state index is -0.296. The number of amides is 2. The van der Waals surface area contributed by atoms with Gasteiger partial charge in [0.05, 0.1) is 23.3 Å². The first-order chi connectivity index (χ1) is 18.3. The Balaban J connectivity index is 1.74. The maximum absolute atomic E-state index is 13.4. The zero-order valence-electron chi connectivity index (χ0n) is 23.2. The molecule has 1 aromatic rings. The Labute approximate surface area is 226 Å². The van der Waals surface area contributed by atoms with Crippen molar-refractivity contribution in [2.45, 2.75) is 65.3 Å². The standard InChI is InChI=1S/C30H42N6O2/c1-6-27(37)35-16-8-7-11-25(20-35)36-28(21(2)3)26(17-22(4)19-34-14-9-10-15-34)32-30(36)33-29(38)24-12-13-31-23(5)18-24/h6,13,17-18,24-25H,1-2,7-12,14-16,19-20H2,3-5H3,(H,32,33,38)/b22-17+/t24?,25-/m1/s1. The molecule has 4 rings (SSSR count). The molecule has 1 unspecified atom stereocenters. The molecule has 3 aliphatic rings. The van der Waals surface area contributed by atoms with E-state index in [1.54, 1.807) is 6.21 Å². The molecule has 8 heteroatoms. The van der Waals surface area contributed by atoms with Gasteiger partial charge in [0.1, 0.15) is 0 Å². The fourth-order valence-electron chi connectivity index (χ4n) is 5.75. The molecular formula is C30H42N6O2. The number of carbonyl (C=O) groups is 2. The van der Waals surface area contributed by atoms with Crippen molar-refractivity contribution >= 4 is 35.6 Å². The number of aliphatic imine (C=N–C) groups is 1. The molecule has 0 radical (unpaired) electrons. The van der Waals surface area contributed by atoms with Gasteiger partial charge in [-0.1, -0.05) is 24.8 Å². The van der Waals surface area contributed by atoms with Gasteiger partial charge in [-0.05, 0) is 90.1 Å². The normalized spacial score (nSPS) is 22.7. The quantitative estimate of drug-likeness (QED) is 0.486. The Morgan fingerprint density at radius 2 is 1.89 bits per heavy atom. The highest BCUT2D eigenvalue weighted by atomic mass is 16.2. The van der Waals surface area contributed by atoms with Crippen LogP contribution >= 0.6 is 0 Å². The zero-order valence-corrected chi connectivity index (χ0v) is 23.2. The van der Waals surface area contributed by atoms with Gasteiger partial charge in [0.25, 0.3) is 0 Å². The molecule has 0 spiro atoms. The highest BCUT2D eigenvalue weighted by molar-refractivity contribution is 5.95. The number of nitrogens with one attached hydrogen (secondary N) is 1. The van der Waals surface area contributed by atoms with Gasteiger partial charge in [-0.3, -0.25) is 24.8 Å². The third-order valence-electron chi connectivity index (χ3n) is 7.56. The van der Waals surface area contributed by atoms with E-state index in [2.05, 4.69) is 45.9 Å². The van der Waals surface area contributed by atoms with Crippen molar-refractivity contribution in [1.82, 2.24) is 19.4 Å². The average molecular weight is 519 g/mol. The summed E-state index contributed by atoms with van der Waals surface area (Å²) >= 11 is 0. The van der Waals surface area contributed by atoms with Crippen LogP contribution in [0.4, 0.5) is 5.95 Å². The number of imidazole rings is 1. The molecule has 38 heavy (non-hydrogen) atoms. The zero-order chi connectivity index (χ0) is 27.2. The van der Waals surface area contributed by atoms with Crippen LogP contribution in [0.5, 0.6) is 0 Å². The van der Waals surface area contributed by atoms with Crippen LogP contribution in [0.3, 0.4) is 0 Å². The number of hydrogen-bond donors (Lipinski definition) is 1. The summed E-state index contributed by atoms with van der Waals surface area (Å²) in [5.41, 5.74) is 4.67. The molecule has 1 N–H and O–H groups in total. The van der Waals surface area contributed by atoms with Crippen molar-refractivity contribution in [2.24, 2.45) is 10.9 Å². The first-order valence-corrected chi connectivity index (χ1v) is 13.9. The topological polar surface area (TPSA) is 82.8 Å². The van der Waals surface area contributed by atoms with Crippen molar-refractivity contribution in [1.29, 1.82) is 0 Å². The summed E-state index contributed by atoms with van der Waals surface area (Å²) in [7, 11) is 0. The van der Waals surface area contributed by atoms with Crippen LogP contribution in [0.1, 0.15) is 76.7 Å². The number of aromatic nitrogens is 2. The van der Waals surface area contributed by atoms with E-state index in [-0.39, 0.29) is 23.8 Å². The van der Waals surface area contributed by atoms with E-state index in [9.17, 15) is 9.59 Å². The van der Waals surface area contributed by atoms with Crippen molar-refractivity contribution in [3.05, 3.63) is 48.0 Å². The Bertz CT molecular complexity index is 1170. The number of nitrogens with zero attached hydrogens (tertiary/aromatic N) is 5.